The maximum atomic E-state index is 13.0. The van der Waals surface area contributed by atoms with Crippen LogP contribution in [0.2, 0.25) is 0 Å². The number of rotatable bonds is 6. The van der Waals surface area contributed by atoms with Gasteiger partial charge in [0, 0.05) is 11.9 Å². The van der Waals surface area contributed by atoms with E-state index in [9.17, 15) is 14.0 Å². The fourth-order valence-corrected chi connectivity index (χ4v) is 3.16. The van der Waals surface area contributed by atoms with Gasteiger partial charge in [0.25, 0.3) is 0 Å². The molecule has 0 aliphatic carbocycles. The molecule has 3 N–H and O–H groups in total. The van der Waals surface area contributed by atoms with Gasteiger partial charge in [-0.15, -0.1) is 11.3 Å². The highest BCUT2D eigenvalue weighted by Crippen LogP contribution is 2.25. The van der Waals surface area contributed by atoms with Gasteiger partial charge in [0.1, 0.15) is 5.82 Å². The van der Waals surface area contributed by atoms with Crippen LogP contribution in [0.5, 0.6) is 0 Å². The molecule has 128 valence electrons. The molecule has 0 spiro atoms. The normalized spacial score (nSPS) is 13.1. The van der Waals surface area contributed by atoms with Gasteiger partial charge in [-0.2, -0.15) is 0 Å². The van der Waals surface area contributed by atoms with Gasteiger partial charge in [0.05, 0.1) is 18.5 Å². The van der Waals surface area contributed by atoms with Crippen molar-refractivity contribution in [1.82, 2.24) is 10.2 Å². The van der Waals surface area contributed by atoms with E-state index in [0.29, 0.717) is 0 Å². The fraction of sp³-hybridized carbons (Fsp3) is 0.294. The highest BCUT2D eigenvalue weighted by atomic mass is 32.1. The first-order valence-corrected chi connectivity index (χ1v) is 8.37. The first-order chi connectivity index (χ1) is 11.4. The largest absolute Gasteiger partial charge is 0.352 e. The number of nitrogens with one attached hydrogen (secondary N) is 1. The average molecular weight is 349 g/mol. The lowest BCUT2D eigenvalue weighted by Gasteiger charge is -2.27. The minimum Gasteiger partial charge on any atom is -0.352 e. The molecule has 2 rings (SSSR count). The number of thiophene rings is 1. The lowest BCUT2D eigenvalue weighted by molar-refractivity contribution is -0.132. The summed E-state index contributed by atoms with van der Waals surface area (Å²) in [6.07, 6.45) is 0.103. The molecule has 0 aliphatic rings. The molecular weight excluding hydrogens is 329 g/mol. The van der Waals surface area contributed by atoms with Crippen molar-refractivity contribution in [2.45, 2.75) is 25.4 Å². The van der Waals surface area contributed by atoms with Crippen LogP contribution in [-0.2, 0) is 4.79 Å². The van der Waals surface area contributed by atoms with Gasteiger partial charge in [-0.3, -0.25) is 4.79 Å². The van der Waals surface area contributed by atoms with Crippen molar-refractivity contribution in [3.8, 4) is 0 Å². The molecule has 0 aliphatic heterocycles. The number of primary amides is 1. The van der Waals surface area contributed by atoms with Gasteiger partial charge >= 0.3 is 6.03 Å². The number of carbonyl (C=O) groups is 2. The number of hydrogen-bond donors (Lipinski definition) is 2. The third-order valence-corrected chi connectivity index (χ3v) is 4.89. The van der Waals surface area contributed by atoms with E-state index in [1.165, 1.54) is 23.5 Å². The molecule has 2 atom stereocenters. The molecule has 0 saturated heterocycles. The van der Waals surface area contributed by atoms with E-state index in [4.69, 9.17) is 5.73 Å². The van der Waals surface area contributed by atoms with Crippen LogP contribution in [0, 0.1) is 5.82 Å². The minimum absolute atomic E-state index is 0.103. The smallest absolute Gasteiger partial charge is 0.312 e. The second-order valence-electron chi connectivity index (χ2n) is 5.51. The van der Waals surface area contributed by atoms with Gasteiger partial charge in [0.2, 0.25) is 5.91 Å². The summed E-state index contributed by atoms with van der Waals surface area (Å²) in [7, 11) is 1.69. The summed E-state index contributed by atoms with van der Waals surface area (Å²) in [5.41, 5.74) is 6.05. The first kappa shape index (κ1) is 17.9. The molecule has 0 radical (unpaired) electrons. The van der Waals surface area contributed by atoms with Crippen LogP contribution in [0.4, 0.5) is 9.18 Å². The molecule has 0 bridgehead atoms. The van der Waals surface area contributed by atoms with E-state index >= 15 is 0 Å². The maximum absolute atomic E-state index is 13.0. The van der Waals surface area contributed by atoms with E-state index < -0.39 is 12.1 Å². The summed E-state index contributed by atoms with van der Waals surface area (Å²) in [6, 6.07) is 8.40. The Balaban J connectivity index is 2.08. The average Bonchev–Trinajstić information content (AvgIpc) is 3.07. The lowest BCUT2D eigenvalue weighted by Crippen LogP contribution is -2.37. The Kier molecular flexibility index (Phi) is 5.92. The van der Waals surface area contributed by atoms with Crippen LogP contribution < -0.4 is 11.1 Å². The van der Waals surface area contributed by atoms with Crippen molar-refractivity contribution in [1.29, 1.82) is 0 Å². The molecule has 5 nitrogen and oxygen atoms in total. The summed E-state index contributed by atoms with van der Waals surface area (Å²) in [5, 5.41) is 4.48. The molecular formula is C17H20FN3O2S. The highest BCUT2D eigenvalue weighted by molar-refractivity contribution is 7.10. The van der Waals surface area contributed by atoms with Crippen LogP contribution in [0.25, 0.3) is 0 Å². The van der Waals surface area contributed by atoms with E-state index in [1.807, 2.05) is 24.4 Å². The molecule has 2 unspecified atom stereocenters. The molecule has 0 saturated carbocycles. The molecule has 24 heavy (non-hydrogen) atoms. The van der Waals surface area contributed by atoms with Crippen molar-refractivity contribution < 1.29 is 14.0 Å². The van der Waals surface area contributed by atoms with Gasteiger partial charge in [0.15, 0.2) is 0 Å². The van der Waals surface area contributed by atoms with Crippen molar-refractivity contribution in [3.05, 3.63) is 58.0 Å². The molecule has 1 aromatic carbocycles. The van der Waals surface area contributed by atoms with Gasteiger partial charge < -0.3 is 16.0 Å². The number of halogens is 1. The minimum atomic E-state index is -0.671. The number of urea groups is 1. The summed E-state index contributed by atoms with van der Waals surface area (Å²) < 4.78 is 13.0. The van der Waals surface area contributed by atoms with Crippen LogP contribution in [0.3, 0.4) is 0 Å². The van der Waals surface area contributed by atoms with E-state index in [1.54, 1.807) is 24.1 Å². The van der Waals surface area contributed by atoms with Crippen LogP contribution in [0.15, 0.2) is 41.8 Å². The van der Waals surface area contributed by atoms with Gasteiger partial charge in [-0.05, 0) is 36.1 Å². The lowest BCUT2D eigenvalue weighted by atomic mass is 10.1. The van der Waals surface area contributed by atoms with E-state index in [-0.39, 0.29) is 24.2 Å². The molecule has 2 aromatic rings. The Bertz CT molecular complexity index is 688. The quantitative estimate of drug-likeness (QED) is 0.840. The summed E-state index contributed by atoms with van der Waals surface area (Å²) in [4.78, 5) is 26.2. The van der Waals surface area contributed by atoms with Gasteiger partial charge in [-0.1, -0.05) is 18.2 Å². The predicted octanol–water partition coefficient (Wildman–Crippen LogP) is 3.21. The fourth-order valence-electron chi connectivity index (χ4n) is 2.38. The Morgan fingerprint density at radius 3 is 2.50 bits per heavy atom. The third-order valence-electron chi connectivity index (χ3n) is 3.91. The Hall–Kier alpha value is -2.41. The molecule has 1 heterocycles. The summed E-state index contributed by atoms with van der Waals surface area (Å²) >= 11 is 1.45. The van der Waals surface area contributed by atoms with Crippen molar-refractivity contribution in [2.24, 2.45) is 5.73 Å². The summed E-state index contributed by atoms with van der Waals surface area (Å²) in [5.74, 6) is -0.456. The first-order valence-electron chi connectivity index (χ1n) is 7.49. The maximum Gasteiger partial charge on any atom is 0.312 e. The number of hydrogen-bond acceptors (Lipinski definition) is 3. The van der Waals surface area contributed by atoms with Crippen molar-refractivity contribution in [3.63, 3.8) is 0 Å². The van der Waals surface area contributed by atoms with Gasteiger partial charge in [-0.25, -0.2) is 9.18 Å². The SMILES string of the molecule is CC(c1ccc(F)cc1)N(C)C(=O)CC(NC(N)=O)c1cccs1. The molecule has 7 heteroatoms. The zero-order chi connectivity index (χ0) is 17.7. The molecule has 1 aromatic heterocycles. The van der Waals surface area contributed by atoms with Crippen molar-refractivity contribution in [2.75, 3.05) is 7.05 Å². The molecule has 0 fully saturated rings. The second kappa shape index (κ2) is 7.92. The van der Waals surface area contributed by atoms with Crippen LogP contribution in [-0.4, -0.2) is 23.9 Å². The van der Waals surface area contributed by atoms with E-state index in [0.717, 1.165) is 10.4 Å². The predicted molar refractivity (Wildman–Crippen MR) is 92.0 cm³/mol. The Morgan fingerprint density at radius 1 is 1.29 bits per heavy atom. The third kappa shape index (κ3) is 4.55. The highest BCUT2D eigenvalue weighted by Gasteiger charge is 2.23. The van der Waals surface area contributed by atoms with Crippen LogP contribution >= 0.6 is 11.3 Å². The second-order valence-corrected chi connectivity index (χ2v) is 6.49. The monoisotopic (exact) mass is 349 g/mol. The van der Waals surface area contributed by atoms with E-state index in [2.05, 4.69) is 5.32 Å². The standard InChI is InChI=1S/C17H20FN3O2S/c1-11(12-5-7-13(18)8-6-12)21(2)16(22)10-14(20-17(19)23)15-4-3-9-24-15/h3-9,11,14H,10H2,1-2H3,(H3,19,20,23). The Labute approximate surface area is 144 Å². The summed E-state index contributed by atoms with van der Waals surface area (Å²) in [6.45, 7) is 1.87. The number of carbonyl (C=O) groups excluding carboxylic acids is 2. The number of nitrogens with two attached hydrogens (primary N) is 1. The number of amides is 3. The van der Waals surface area contributed by atoms with Crippen LogP contribution in [0.1, 0.15) is 35.9 Å². The number of benzene rings is 1. The number of nitrogens with zero attached hydrogens (tertiary/aromatic N) is 1. The Morgan fingerprint density at radius 2 is 1.96 bits per heavy atom. The topological polar surface area (TPSA) is 75.4 Å². The van der Waals surface area contributed by atoms with Crippen molar-refractivity contribution >= 4 is 23.3 Å². The zero-order valence-electron chi connectivity index (χ0n) is 13.5. The zero-order valence-corrected chi connectivity index (χ0v) is 14.3. The molecule has 3 amide bonds.